The van der Waals surface area contributed by atoms with Crippen LogP contribution in [0.1, 0.15) is 24.1 Å². The number of hydrogen-bond acceptors (Lipinski definition) is 4. The lowest BCUT2D eigenvalue weighted by atomic mass is 10.1. The van der Waals surface area contributed by atoms with Gasteiger partial charge in [-0.3, -0.25) is 0 Å². The fourth-order valence-corrected chi connectivity index (χ4v) is 4.56. The number of nitrogens with one attached hydrogen (secondary N) is 1. The first-order valence-corrected chi connectivity index (χ1v) is 11.1. The molecule has 7 heteroatoms. The largest absolute Gasteiger partial charge is 0.241 e. The first kappa shape index (κ1) is 18.6. The molecule has 1 atom stereocenters. The van der Waals surface area contributed by atoms with Crippen molar-refractivity contribution in [1.82, 2.24) is 4.72 Å². The monoisotopic (exact) mass is 367 g/mol. The highest BCUT2D eigenvalue weighted by molar-refractivity contribution is 7.91. The Balaban J connectivity index is 2.33. The molecule has 2 aromatic rings. The zero-order valence-electron chi connectivity index (χ0n) is 13.6. The summed E-state index contributed by atoms with van der Waals surface area (Å²) in [5.41, 5.74) is 1.64. The molecule has 0 aliphatic rings. The van der Waals surface area contributed by atoms with Gasteiger partial charge in [-0.05, 0) is 29.7 Å². The molecule has 0 saturated carbocycles. The van der Waals surface area contributed by atoms with Crippen molar-refractivity contribution in [1.29, 1.82) is 0 Å². The predicted molar refractivity (Wildman–Crippen MR) is 95.0 cm³/mol. The quantitative estimate of drug-likeness (QED) is 0.814. The Morgan fingerprint density at radius 1 is 0.917 bits per heavy atom. The molecule has 24 heavy (non-hydrogen) atoms. The molecule has 2 rings (SSSR count). The first-order valence-electron chi connectivity index (χ1n) is 7.55. The van der Waals surface area contributed by atoms with Crippen molar-refractivity contribution in [3.63, 3.8) is 0 Å². The molecule has 0 bridgehead atoms. The lowest BCUT2D eigenvalue weighted by molar-refractivity contribution is 0.561. The van der Waals surface area contributed by atoms with Crippen molar-refractivity contribution in [2.45, 2.75) is 24.3 Å². The second-order valence-corrected chi connectivity index (χ2v) is 9.57. The number of aryl methyl sites for hydroxylation is 1. The minimum Gasteiger partial charge on any atom is -0.229 e. The second kappa shape index (κ2) is 7.46. The van der Waals surface area contributed by atoms with E-state index >= 15 is 0 Å². The van der Waals surface area contributed by atoms with Crippen LogP contribution in [0.5, 0.6) is 0 Å². The predicted octanol–water partition coefficient (Wildman–Crippen LogP) is 2.31. The molecule has 5 nitrogen and oxygen atoms in total. The van der Waals surface area contributed by atoms with Gasteiger partial charge in [0, 0.05) is 6.26 Å². The van der Waals surface area contributed by atoms with Crippen LogP contribution in [0.25, 0.3) is 0 Å². The standard InChI is InChI=1S/C17H21NO4S2/c1-3-14-9-11-16(12-10-14)24(21,22)18-17(13-23(2,19)20)15-7-5-4-6-8-15/h4-12,17-18H,3,13H2,1-2H3/t17-/m0/s1. The summed E-state index contributed by atoms with van der Waals surface area (Å²) in [4.78, 5) is 0.120. The molecule has 2 aromatic carbocycles. The SMILES string of the molecule is CCc1ccc(S(=O)(=O)N[C@@H](CS(C)(=O)=O)c2ccccc2)cc1. The average Bonchev–Trinajstić information content (AvgIpc) is 2.53. The summed E-state index contributed by atoms with van der Waals surface area (Å²) in [5.74, 6) is -0.302. The summed E-state index contributed by atoms with van der Waals surface area (Å²) in [6, 6.07) is 14.4. The molecule has 0 amide bonds. The van der Waals surface area contributed by atoms with Crippen molar-refractivity contribution in [2.24, 2.45) is 0 Å². The van der Waals surface area contributed by atoms with Crippen LogP contribution in [0.2, 0.25) is 0 Å². The van der Waals surface area contributed by atoms with Crippen LogP contribution in [0.15, 0.2) is 59.5 Å². The molecule has 1 N–H and O–H groups in total. The van der Waals surface area contributed by atoms with Crippen LogP contribution >= 0.6 is 0 Å². The summed E-state index contributed by atoms with van der Waals surface area (Å²) in [7, 11) is -7.18. The lowest BCUT2D eigenvalue weighted by Crippen LogP contribution is -2.33. The van der Waals surface area contributed by atoms with Crippen molar-refractivity contribution >= 4 is 19.9 Å². The van der Waals surface area contributed by atoms with Gasteiger partial charge in [0.2, 0.25) is 10.0 Å². The van der Waals surface area contributed by atoms with E-state index in [1.807, 2.05) is 6.92 Å². The average molecular weight is 367 g/mol. The molecular formula is C17H21NO4S2. The topological polar surface area (TPSA) is 80.3 Å². The molecule has 0 unspecified atom stereocenters. The first-order chi connectivity index (χ1) is 11.2. The van der Waals surface area contributed by atoms with Gasteiger partial charge in [0.05, 0.1) is 16.7 Å². The van der Waals surface area contributed by atoms with Crippen LogP contribution in [0.4, 0.5) is 0 Å². The van der Waals surface area contributed by atoms with Crippen molar-refractivity contribution < 1.29 is 16.8 Å². The smallest absolute Gasteiger partial charge is 0.229 e. The van der Waals surface area contributed by atoms with E-state index < -0.39 is 25.9 Å². The fraction of sp³-hybridized carbons (Fsp3) is 0.294. The highest BCUT2D eigenvalue weighted by atomic mass is 32.2. The van der Waals surface area contributed by atoms with Gasteiger partial charge in [0.15, 0.2) is 0 Å². The van der Waals surface area contributed by atoms with E-state index in [1.54, 1.807) is 42.5 Å². The third-order valence-electron chi connectivity index (χ3n) is 3.61. The molecule has 0 heterocycles. The highest BCUT2D eigenvalue weighted by Gasteiger charge is 2.24. The molecular weight excluding hydrogens is 346 g/mol. The molecule has 0 fully saturated rings. The number of rotatable bonds is 7. The third-order valence-corrected chi connectivity index (χ3v) is 6.04. The van der Waals surface area contributed by atoms with Gasteiger partial charge in [0.1, 0.15) is 9.84 Å². The Hall–Kier alpha value is -1.70. The number of benzene rings is 2. The zero-order valence-corrected chi connectivity index (χ0v) is 15.3. The Bertz CT molecular complexity index is 874. The van der Waals surface area contributed by atoms with Gasteiger partial charge >= 0.3 is 0 Å². The maximum absolute atomic E-state index is 12.6. The minimum absolute atomic E-state index is 0.120. The second-order valence-electron chi connectivity index (χ2n) is 5.67. The maximum Gasteiger partial charge on any atom is 0.241 e. The molecule has 0 saturated heterocycles. The Morgan fingerprint density at radius 3 is 2.00 bits per heavy atom. The Morgan fingerprint density at radius 2 is 1.50 bits per heavy atom. The lowest BCUT2D eigenvalue weighted by Gasteiger charge is -2.18. The third kappa shape index (κ3) is 5.15. The number of sulfonamides is 1. The van der Waals surface area contributed by atoms with E-state index in [9.17, 15) is 16.8 Å². The van der Waals surface area contributed by atoms with Gasteiger partial charge < -0.3 is 0 Å². The van der Waals surface area contributed by atoms with Gasteiger partial charge in [-0.25, -0.2) is 21.6 Å². The summed E-state index contributed by atoms with van der Waals surface area (Å²) in [6.07, 6.45) is 1.90. The van der Waals surface area contributed by atoms with E-state index in [2.05, 4.69) is 4.72 Å². The van der Waals surface area contributed by atoms with E-state index in [1.165, 1.54) is 12.1 Å². The van der Waals surface area contributed by atoms with E-state index in [0.29, 0.717) is 5.56 Å². The molecule has 0 aliphatic carbocycles. The summed E-state index contributed by atoms with van der Waals surface area (Å²) >= 11 is 0. The maximum atomic E-state index is 12.6. The van der Waals surface area contributed by atoms with Crippen LogP contribution in [-0.4, -0.2) is 28.8 Å². The van der Waals surface area contributed by atoms with E-state index in [0.717, 1.165) is 18.2 Å². The van der Waals surface area contributed by atoms with Crippen molar-refractivity contribution in [3.8, 4) is 0 Å². The fourth-order valence-electron chi connectivity index (χ4n) is 2.35. The van der Waals surface area contributed by atoms with Gasteiger partial charge in [-0.1, -0.05) is 49.4 Å². The molecule has 0 aromatic heterocycles. The summed E-state index contributed by atoms with van der Waals surface area (Å²) < 4.78 is 51.1. The van der Waals surface area contributed by atoms with Gasteiger partial charge in [-0.2, -0.15) is 0 Å². The summed E-state index contributed by atoms with van der Waals surface area (Å²) in [5, 5.41) is 0. The highest BCUT2D eigenvalue weighted by Crippen LogP contribution is 2.19. The molecule has 130 valence electrons. The van der Waals surface area contributed by atoms with Gasteiger partial charge in [0.25, 0.3) is 0 Å². The summed E-state index contributed by atoms with van der Waals surface area (Å²) in [6.45, 7) is 1.99. The van der Waals surface area contributed by atoms with Crippen molar-refractivity contribution in [2.75, 3.05) is 12.0 Å². The van der Waals surface area contributed by atoms with Crippen LogP contribution in [0, 0.1) is 0 Å². The van der Waals surface area contributed by atoms with Gasteiger partial charge in [-0.15, -0.1) is 0 Å². The molecule has 0 radical (unpaired) electrons. The Kier molecular flexibility index (Phi) is 5.79. The Labute approximate surface area is 143 Å². The normalized spacial score (nSPS) is 13.6. The zero-order chi connectivity index (χ0) is 17.8. The molecule has 0 aliphatic heterocycles. The van der Waals surface area contributed by atoms with Crippen LogP contribution < -0.4 is 4.72 Å². The van der Waals surface area contributed by atoms with Crippen molar-refractivity contribution in [3.05, 3.63) is 65.7 Å². The molecule has 0 spiro atoms. The van der Waals surface area contributed by atoms with E-state index in [-0.39, 0.29) is 10.6 Å². The van der Waals surface area contributed by atoms with Crippen LogP contribution in [0.3, 0.4) is 0 Å². The number of hydrogen-bond donors (Lipinski definition) is 1. The van der Waals surface area contributed by atoms with E-state index in [4.69, 9.17) is 0 Å². The van der Waals surface area contributed by atoms with Crippen LogP contribution in [-0.2, 0) is 26.3 Å². The number of sulfone groups is 1. The minimum atomic E-state index is -3.82.